The molecule has 0 fully saturated rings. The molecule has 1 rings (SSSR count). The molecule has 59 valence electrons. The van der Waals surface area contributed by atoms with Crippen LogP contribution in [0.15, 0.2) is 18.2 Å². The van der Waals surface area contributed by atoms with E-state index in [4.69, 9.17) is 5.11 Å². The van der Waals surface area contributed by atoms with Crippen molar-refractivity contribution in [2.45, 2.75) is 12.8 Å². The molecule has 1 atom stereocenters. The molecule has 1 aromatic carbocycles. The number of aromatic hydroxyl groups is 2. The van der Waals surface area contributed by atoms with Crippen LogP contribution in [0.1, 0.15) is 18.4 Å². The smallest absolute Gasteiger partial charge is 0.119 e. The molecule has 1 radical (unpaired) electrons. The fourth-order valence-electron chi connectivity index (χ4n) is 0.937. The topological polar surface area (TPSA) is 40.5 Å². The minimum Gasteiger partial charge on any atom is -0.508 e. The van der Waals surface area contributed by atoms with Gasteiger partial charge in [-0.05, 0) is 31.0 Å². The zero-order chi connectivity index (χ0) is 8.43. The van der Waals surface area contributed by atoms with Gasteiger partial charge in [-0.1, -0.05) is 6.92 Å². The molecule has 0 heterocycles. The molecular formula is C9H11O2. The van der Waals surface area contributed by atoms with Crippen molar-refractivity contribution in [3.05, 3.63) is 30.7 Å². The molecule has 2 nitrogen and oxygen atoms in total. The average Bonchev–Trinajstić information content (AvgIpc) is 1.94. The maximum absolute atomic E-state index is 9.25. The Morgan fingerprint density at radius 1 is 1.36 bits per heavy atom. The van der Waals surface area contributed by atoms with Gasteiger partial charge in [0.2, 0.25) is 0 Å². The summed E-state index contributed by atoms with van der Waals surface area (Å²) in [6.45, 7) is 5.60. The third-order valence-electron chi connectivity index (χ3n) is 1.54. The van der Waals surface area contributed by atoms with Gasteiger partial charge in [0.25, 0.3) is 0 Å². The summed E-state index contributed by atoms with van der Waals surface area (Å²) in [5, 5.41) is 18.3. The second-order valence-corrected chi connectivity index (χ2v) is 2.64. The summed E-state index contributed by atoms with van der Waals surface area (Å²) in [5.74, 6) is 0.334. The van der Waals surface area contributed by atoms with E-state index in [1.165, 1.54) is 18.2 Å². The fraction of sp³-hybridized carbons (Fsp3) is 0.222. The van der Waals surface area contributed by atoms with Crippen molar-refractivity contribution in [1.82, 2.24) is 0 Å². The van der Waals surface area contributed by atoms with Crippen LogP contribution in [0, 0.1) is 6.92 Å². The highest BCUT2D eigenvalue weighted by atomic mass is 16.3. The molecule has 0 saturated heterocycles. The first-order valence-corrected chi connectivity index (χ1v) is 3.46. The van der Waals surface area contributed by atoms with Crippen LogP contribution in [0.4, 0.5) is 0 Å². The van der Waals surface area contributed by atoms with Crippen LogP contribution in [-0.2, 0) is 0 Å². The number of hydrogen-bond donors (Lipinski definition) is 2. The first-order valence-electron chi connectivity index (χ1n) is 3.46. The maximum Gasteiger partial charge on any atom is 0.119 e. The lowest BCUT2D eigenvalue weighted by Gasteiger charge is -2.07. The normalized spacial score (nSPS) is 10.5. The summed E-state index contributed by atoms with van der Waals surface area (Å²) in [5.41, 5.74) is 0.671. The molecule has 0 aliphatic carbocycles. The standard InChI is InChI=1S/C9H11O2/c1-6(2)8-5-7(10)3-4-9(8)11/h3-6,10-11H,1H2,2H3. The molecular weight excluding hydrogens is 140 g/mol. The monoisotopic (exact) mass is 151 g/mol. The van der Waals surface area contributed by atoms with Crippen molar-refractivity contribution >= 4 is 0 Å². The Kier molecular flexibility index (Phi) is 2.03. The van der Waals surface area contributed by atoms with Gasteiger partial charge in [0.1, 0.15) is 11.5 Å². The lowest BCUT2D eigenvalue weighted by atomic mass is 10.0. The van der Waals surface area contributed by atoms with Crippen molar-refractivity contribution in [2.24, 2.45) is 0 Å². The molecule has 1 aromatic rings. The van der Waals surface area contributed by atoms with Gasteiger partial charge in [0, 0.05) is 5.56 Å². The van der Waals surface area contributed by atoms with Gasteiger partial charge in [-0.2, -0.15) is 0 Å². The average molecular weight is 151 g/mol. The Bertz CT molecular complexity index is 254. The van der Waals surface area contributed by atoms with Crippen LogP contribution < -0.4 is 0 Å². The van der Waals surface area contributed by atoms with Gasteiger partial charge in [-0.25, -0.2) is 0 Å². The summed E-state index contributed by atoms with van der Waals surface area (Å²) < 4.78 is 0. The highest BCUT2D eigenvalue weighted by Crippen LogP contribution is 2.28. The van der Waals surface area contributed by atoms with Crippen LogP contribution >= 0.6 is 0 Å². The molecule has 0 aliphatic heterocycles. The van der Waals surface area contributed by atoms with Gasteiger partial charge in [-0.15, -0.1) is 0 Å². The fourth-order valence-corrected chi connectivity index (χ4v) is 0.937. The maximum atomic E-state index is 9.25. The van der Waals surface area contributed by atoms with Crippen molar-refractivity contribution in [1.29, 1.82) is 0 Å². The molecule has 2 N–H and O–H groups in total. The summed E-state index contributed by atoms with van der Waals surface area (Å²) in [4.78, 5) is 0. The number of hydrogen-bond acceptors (Lipinski definition) is 2. The summed E-state index contributed by atoms with van der Waals surface area (Å²) in [7, 11) is 0. The van der Waals surface area contributed by atoms with Crippen LogP contribution in [0.25, 0.3) is 0 Å². The van der Waals surface area contributed by atoms with E-state index >= 15 is 0 Å². The minimum absolute atomic E-state index is 0.0119. The Balaban J connectivity index is 3.13. The second kappa shape index (κ2) is 2.82. The number of rotatable bonds is 1. The van der Waals surface area contributed by atoms with Gasteiger partial charge in [0.05, 0.1) is 0 Å². The van der Waals surface area contributed by atoms with Crippen LogP contribution in [0.5, 0.6) is 11.5 Å². The number of phenols is 2. The Morgan fingerprint density at radius 3 is 2.45 bits per heavy atom. The van der Waals surface area contributed by atoms with E-state index in [-0.39, 0.29) is 17.4 Å². The molecule has 0 aromatic heterocycles. The largest absolute Gasteiger partial charge is 0.508 e. The third kappa shape index (κ3) is 1.64. The lowest BCUT2D eigenvalue weighted by molar-refractivity contribution is 0.452. The highest BCUT2D eigenvalue weighted by molar-refractivity contribution is 5.40. The summed E-state index contributed by atoms with van der Waals surface area (Å²) in [6.07, 6.45) is 0. The summed E-state index contributed by atoms with van der Waals surface area (Å²) in [6, 6.07) is 4.43. The van der Waals surface area contributed by atoms with Crippen molar-refractivity contribution < 1.29 is 10.2 Å². The third-order valence-corrected chi connectivity index (χ3v) is 1.54. The Hall–Kier alpha value is -1.18. The van der Waals surface area contributed by atoms with Gasteiger partial charge in [-0.3, -0.25) is 0 Å². The van der Waals surface area contributed by atoms with E-state index in [9.17, 15) is 5.11 Å². The highest BCUT2D eigenvalue weighted by Gasteiger charge is 2.05. The van der Waals surface area contributed by atoms with E-state index in [0.717, 1.165) is 0 Å². The molecule has 1 unspecified atom stereocenters. The van der Waals surface area contributed by atoms with Crippen LogP contribution in [0.3, 0.4) is 0 Å². The summed E-state index contributed by atoms with van der Waals surface area (Å²) >= 11 is 0. The number of phenolic OH excluding ortho intramolecular Hbond substituents is 2. The van der Waals surface area contributed by atoms with Gasteiger partial charge in [0.15, 0.2) is 0 Å². The van der Waals surface area contributed by atoms with Crippen molar-refractivity contribution in [2.75, 3.05) is 0 Å². The van der Waals surface area contributed by atoms with E-state index in [1.54, 1.807) is 0 Å². The first-order chi connectivity index (χ1) is 5.11. The predicted octanol–water partition coefficient (Wildman–Crippen LogP) is 2.04. The van der Waals surface area contributed by atoms with E-state index in [1.807, 2.05) is 6.92 Å². The first kappa shape index (κ1) is 7.92. The molecule has 11 heavy (non-hydrogen) atoms. The van der Waals surface area contributed by atoms with E-state index in [2.05, 4.69) is 6.92 Å². The van der Waals surface area contributed by atoms with E-state index < -0.39 is 0 Å². The Labute approximate surface area is 66.1 Å². The lowest BCUT2D eigenvalue weighted by Crippen LogP contribution is -1.87. The molecule has 0 aliphatic rings. The SMILES string of the molecule is [CH2]C(C)c1cc(O)ccc1O. The van der Waals surface area contributed by atoms with Gasteiger partial charge < -0.3 is 10.2 Å². The van der Waals surface area contributed by atoms with Crippen molar-refractivity contribution in [3.63, 3.8) is 0 Å². The molecule has 2 heteroatoms. The van der Waals surface area contributed by atoms with Crippen molar-refractivity contribution in [3.8, 4) is 11.5 Å². The number of benzene rings is 1. The molecule has 0 saturated carbocycles. The Morgan fingerprint density at radius 2 is 2.00 bits per heavy atom. The zero-order valence-corrected chi connectivity index (χ0v) is 6.41. The zero-order valence-electron chi connectivity index (χ0n) is 6.41. The van der Waals surface area contributed by atoms with Crippen LogP contribution in [0.2, 0.25) is 0 Å². The minimum atomic E-state index is -0.0119. The second-order valence-electron chi connectivity index (χ2n) is 2.64. The predicted molar refractivity (Wildman–Crippen MR) is 43.5 cm³/mol. The quantitative estimate of drug-likeness (QED) is 0.603. The molecule has 0 spiro atoms. The van der Waals surface area contributed by atoms with Gasteiger partial charge >= 0.3 is 0 Å². The molecule has 0 amide bonds. The van der Waals surface area contributed by atoms with Crippen LogP contribution in [-0.4, -0.2) is 10.2 Å². The molecule has 0 bridgehead atoms. The van der Waals surface area contributed by atoms with E-state index in [0.29, 0.717) is 5.56 Å².